The monoisotopic (exact) mass is 455 g/mol. The number of amides is 3. The first-order valence-electron chi connectivity index (χ1n) is 11.5. The predicted octanol–water partition coefficient (Wildman–Crippen LogP) is 1.81. The molecule has 1 saturated carbocycles. The molecule has 1 unspecified atom stereocenters. The zero-order chi connectivity index (χ0) is 23.0. The number of hydroxylamine groups is 1. The van der Waals surface area contributed by atoms with Crippen LogP contribution in [0.1, 0.15) is 31.2 Å². The van der Waals surface area contributed by atoms with Crippen molar-refractivity contribution in [2.45, 2.75) is 37.8 Å². The molecule has 33 heavy (non-hydrogen) atoms. The normalized spacial score (nSPS) is 27.9. The lowest BCUT2D eigenvalue weighted by Crippen LogP contribution is -2.62. The molecule has 1 spiro atoms. The molecule has 1 aliphatic carbocycles. The van der Waals surface area contributed by atoms with Gasteiger partial charge < -0.3 is 14.4 Å². The van der Waals surface area contributed by atoms with Gasteiger partial charge in [0.25, 0.3) is 0 Å². The van der Waals surface area contributed by atoms with Gasteiger partial charge in [-0.3, -0.25) is 19.7 Å². The Kier molecular flexibility index (Phi) is 5.84. The summed E-state index contributed by atoms with van der Waals surface area (Å²) in [7, 11) is 0. The Labute approximate surface area is 192 Å². The Morgan fingerprint density at radius 3 is 2.64 bits per heavy atom. The molecule has 3 fully saturated rings. The average Bonchev–Trinajstić information content (AvgIpc) is 3.23. The zero-order valence-electron chi connectivity index (χ0n) is 18.4. The number of ether oxygens (including phenoxy) is 2. The maximum Gasteiger partial charge on any atom is 0.410 e. The van der Waals surface area contributed by atoms with Gasteiger partial charge in [0.05, 0.1) is 19.1 Å². The van der Waals surface area contributed by atoms with Crippen LogP contribution < -0.4 is 5.48 Å². The van der Waals surface area contributed by atoms with Crippen LogP contribution in [-0.2, 0) is 19.1 Å². The molecule has 3 heterocycles. The number of carbonyl (C=O) groups is 3. The summed E-state index contributed by atoms with van der Waals surface area (Å²) in [6, 6.07) is 8.79. The van der Waals surface area contributed by atoms with Crippen LogP contribution in [0.4, 0.5) is 4.79 Å². The van der Waals surface area contributed by atoms with Gasteiger partial charge in [0.1, 0.15) is 12.1 Å². The summed E-state index contributed by atoms with van der Waals surface area (Å²) in [5, 5.41) is 9.40. The number of likely N-dealkylation sites (tertiary alicyclic amines) is 1. The van der Waals surface area contributed by atoms with Crippen LogP contribution in [-0.4, -0.2) is 77.9 Å². The van der Waals surface area contributed by atoms with E-state index in [-0.39, 0.29) is 17.4 Å². The van der Waals surface area contributed by atoms with Crippen LogP contribution in [0.2, 0.25) is 0 Å². The lowest BCUT2D eigenvalue weighted by Gasteiger charge is -2.44. The fraction of sp³-hybridized carbons (Fsp3) is 0.542. The van der Waals surface area contributed by atoms with Crippen molar-refractivity contribution in [3.8, 4) is 0 Å². The molecule has 1 aromatic rings. The van der Waals surface area contributed by atoms with Gasteiger partial charge in [-0.2, -0.15) is 0 Å². The SMILES string of the molecule is O=C(NO)[C@H]1CC2(CC2)CN(C(=O)OC2CCOC2)[C@@H]1C(=O)N1CC=C(c2ccccc2)C1. The van der Waals surface area contributed by atoms with E-state index in [1.165, 1.54) is 4.90 Å². The number of rotatable bonds is 4. The van der Waals surface area contributed by atoms with Gasteiger partial charge in [0.2, 0.25) is 11.8 Å². The van der Waals surface area contributed by atoms with Crippen molar-refractivity contribution in [2.75, 3.05) is 32.8 Å². The molecule has 2 saturated heterocycles. The van der Waals surface area contributed by atoms with Crippen molar-refractivity contribution < 1.29 is 29.1 Å². The van der Waals surface area contributed by atoms with Crippen molar-refractivity contribution in [1.29, 1.82) is 0 Å². The number of benzene rings is 1. The second-order valence-corrected chi connectivity index (χ2v) is 9.54. The van der Waals surface area contributed by atoms with E-state index in [0.717, 1.165) is 24.0 Å². The quantitative estimate of drug-likeness (QED) is 0.530. The third-order valence-corrected chi connectivity index (χ3v) is 7.30. The summed E-state index contributed by atoms with van der Waals surface area (Å²) in [5.41, 5.74) is 3.59. The molecule has 0 radical (unpaired) electrons. The zero-order valence-corrected chi connectivity index (χ0v) is 18.4. The van der Waals surface area contributed by atoms with Gasteiger partial charge in [-0.05, 0) is 35.8 Å². The summed E-state index contributed by atoms with van der Waals surface area (Å²) >= 11 is 0. The van der Waals surface area contributed by atoms with Gasteiger partial charge in [0, 0.05) is 26.1 Å². The van der Waals surface area contributed by atoms with E-state index in [4.69, 9.17) is 9.47 Å². The molecule has 0 bridgehead atoms. The highest BCUT2D eigenvalue weighted by Gasteiger charge is 2.58. The topological polar surface area (TPSA) is 108 Å². The molecule has 9 heteroatoms. The Morgan fingerprint density at radius 1 is 1.18 bits per heavy atom. The number of carbonyl (C=O) groups excluding carboxylic acids is 3. The second kappa shape index (κ2) is 8.79. The second-order valence-electron chi connectivity index (χ2n) is 9.54. The number of hydrogen-bond acceptors (Lipinski definition) is 6. The van der Waals surface area contributed by atoms with Crippen molar-refractivity contribution >= 4 is 23.5 Å². The van der Waals surface area contributed by atoms with Crippen LogP contribution in [0.15, 0.2) is 36.4 Å². The van der Waals surface area contributed by atoms with E-state index in [1.54, 1.807) is 10.4 Å². The van der Waals surface area contributed by atoms with Crippen LogP contribution in [0.3, 0.4) is 0 Å². The van der Waals surface area contributed by atoms with Crippen LogP contribution in [0.25, 0.3) is 5.57 Å². The average molecular weight is 456 g/mol. The highest BCUT2D eigenvalue weighted by atomic mass is 16.6. The smallest absolute Gasteiger partial charge is 0.410 e. The predicted molar refractivity (Wildman–Crippen MR) is 117 cm³/mol. The summed E-state index contributed by atoms with van der Waals surface area (Å²) in [6.45, 7) is 2.04. The maximum atomic E-state index is 13.7. The third kappa shape index (κ3) is 4.35. The molecule has 9 nitrogen and oxygen atoms in total. The highest BCUT2D eigenvalue weighted by molar-refractivity contribution is 5.94. The van der Waals surface area contributed by atoms with Gasteiger partial charge in [-0.25, -0.2) is 10.3 Å². The number of nitrogens with one attached hydrogen (secondary N) is 1. The lowest BCUT2D eigenvalue weighted by atomic mass is 9.80. The van der Waals surface area contributed by atoms with Crippen molar-refractivity contribution in [1.82, 2.24) is 15.3 Å². The van der Waals surface area contributed by atoms with Crippen LogP contribution >= 0.6 is 0 Å². The van der Waals surface area contributed by atoms with Crippen molar-refractivity contribution in [3.63, 3.8) is 0 Å². The minimum atomic E-state index is -1.03. The third-order valence-electron chi connectivity index (χ3n) is 7.30. The summed E-state index contributed by atoms with van der Waals surface area (Å²) in [4.78, 5) is 42.7. The molecule has 4 aliphatic rings. The number of hydrogen-bond donors (Lipinski definition) is 2. The number of nitrogens with zero attached hydrogens (tertiary/aromatic N) is 2. The molecule has 176 valence electrons. The number of piperidine rings is 1. The molecule has 3 amide bonds. The highest BCUT2D eigenvalue weighted by Crippen LogP contribution is 2.55. The molecule has 0 aromatic heterocycles. The van der Waals surface area contributed by atoms with E-state index in [9.17, 15) is 19.6 Å². The Bertz CT molecular complexity index is 954. The maximum absolute atomic E-state index is 13.7. The van der Waals surface area contributed by atoms with E-state index < -0.39 is 24.0 Å². The van der Waals surface area contributed by atoms with E-state index in [1.807, 2.05) is 36.4 Å². The minimum absolute atomic E-state index is 0.197. The van der Waals surface area contributed by atoms with E-state index in [0.29, 0.717) is 45.7 Å². The molecular weight excluding hydrogens is 426 g/mol. The lowest BCUT2D eigenvalue weighted by molar-refractivity contribution is -0.149. The molecule has 3 aliphatic heterocycles. The van der Waals surface area contributed by atoms with Crippen molar-refractivity contribution in [2.24, 2.45) is 11.3 Å². The molecule has 1 aromatic carbocycles. The molecular formula is C24H29N3O6. The Hall–Kier alpha value is -2.91. The first-order valence-corrected chi connectivity index (χ1v) is 11.5. The molecule has 2 N–H and O–H groups in total. The standard InChI is InChI=1S/C24H29N3O6/c28-21(25-31)19-12-24(8-9-24)15-27(23(30)33-18-7-11-32-14-18)20(19)22(29)26-10-6-17(13-26)16-4-2-1-3-5-16/h1-6,18-20,31H,7-15H2,(H,25,28)/t18?,19-,20-/m0/s1. The van der Waals surface area contributed by atoms with Crippen molar-refractivity contribution in [3.05, 3.63) is 42.0 Å². The summed E-state index contributed by atoms with van der Waals surface area (Å²) in [5.74, 6) is -1.79. The summed E-state index contributed by atoms with van der Waals surface area (Å²) < 4.78 is 11.0. The van der Waals surface area contributed by atoms with Gasteiger partial charge in [-0.1, -0.05) is 36.4 Å². The fourth-order valence-electron chi connectivity index (χ4n) is 5.25. The Morgan fingerprint density at radius 2 is 1.97 bits per heavy atom. The largest absolute Gasteiger partial charge is 0.444 e. The van der Waals surface area contributed by atoms with Crippen LogP contribution in [0.5, 0.6) is 0 Å². The van der Waals surface area contributed by atoms with E-state index >= 15 is 0 Å². The Balaban J connectivity index is 1.38. The van der Waals surface area contributed by atoms with Gasteiger partial charge >= 0.3 is 6.09 Å². The summed E-state index contributed by atoms with van der Waals surface area (Å²) in [6.07, 6.45) is 3.87. The van der Waals surface area contributed by atoms with Crippen LogP contribution in [0, 0.1) is 11.3 Å². The van der Waals surface area contributed by atoms with Gasteiger partial charge in [-0.15, -0.1) is 0 Å². The molecule has 5 rings (SSSR count). The first-order chi connectivity index (χ1) is 16.0. The van der Waals surface area contributed by atoms with E-state index in [2.05, 4.69) is 0 Å². The van der Waals surface area contributed by atoms with Gasteiger partial charge in [0.15, 0.2) is 0 Å². The first kappa shape index (κ1) is 21.9. The minimum Gasteiger partial charge on any atom is -0.444 e. The fourth-order valence-corrected chi connectivity index (χ4v) is 5.25. The molecule has 3 atom stereocenters.